The highest BCUT2D eigenvalue weighted by atomic mass is 17.2. The van der Waals surface area contributed by atoms with Crippen LogP contribution in [0.1, 0.15) is 65.1 Å². The highest BCUT2D eigenvalue weighted by molar-refractivity contribution is 6.01. The van der Waals surface area contributed by atoms with E-state index in [1.165, 1.54) is 44.9 Å². The number of aromatic nitrogens is 9. The van der Waals surface area contributed by atoms with Crippen molar-refractivity contribution in [2.75, 3.05) is 34.1 Å². The minimum atomic E-state index is 0.279. The lowest BCUT2D eigenvalue weighted by atomic mass is 10.1. The highest BCUT2D eigenvalue weighted by Crippen LogP contribution is 2.36. The van der Waals surface area contributed by atoms with Gasteiger partial charge in [-0.15, -0.1) is 0 Å². The second-order valence-electron chi connectivity index (χ2n) is 12.8. The SMILES string of the molecule is C=C(C)n1cccn1.CC.CNC1CCc2cc(-n3c(-c4cccnc4N)nc4ccc(-n5cccn5)nc43)ccc21.COOC.COc1c(C=O)cc(C=O)c2ocnc12. The van der Waals surface area contributed by atoms with Crippen LogP contribution >= 0.6 is 0 Å². The van der Waals surface area contributed by atoms with Gasteiger partial charge in [-0.25, -0.2) is 39.1 Å². The number of oxazole rings is 1. The molecule has 8 aromatic rings. The molecule has 17 heteroatoms. The molecule has 6 heterocycles. The molecule has 1 unspecified atom stereocenters. The number of hydrogen-bond donors (Lipinski definition) is 2. The molecule has 0 spiro atoms. The predicted molar refractivity (Wildman–Crippen MR) is 234 cm³/mol. The molecule has 61 heavy (non-hydrogen) atoms. The molecule has 0 amide bonds. The number of nitrogen functional groups attached to an aromatic ring is 1. The van der Waals surface area contributed by atoms with Crippen molar-refractivity contribution < 1.29 is 28.5 Å². The van der Waals surface area contributed by atoms with E-state index >= 15 is 0 Å². The maximum atomic E-state index is 10.8. The number of benzene rings is 2. The summed E-state index contributed by atoms with van der Waals surface area (Å²) >= 11 is 0. The van der Waals surface area contributed by atoms with Crippen LogP contribution in [-0.2, 0) is 16.2 Å². The summed E-state index contributed by atoms with van der Waals surface area (Å²) < 4.78 is 15.6. The molecule has 1 aliphatic rings. The average molecular weight is 828 g/mol. The van der Waals surface area contributed by atoms with Gasteiger partial charge in [-0.05, 0) is 92.5 Å². The first-order valence-corrected chi connectivity index (χ1v) is 19.2. The average Bonchev–Trinajstić information content (AvgIpc) is 4.17. The van der Waals surface area contributed by atoms with E-state index in [1.54, 1.807) is 28.0 Å². The number of carbonyl (C=O) groups is 2. The van der Waals surface area contributed by atoms with E-state index in [4.69, 9.17) is 24.9 Å². The van der Waals surface area contributed by atoms with Crippen LogP contribution in [0.2, 0.25) is 0 Å². The van der Waals surface area contributed by atoms with Crippen LogP contribution in [0.3, 0.4) is 0 Å². The first kappa shape index (κ1) is 44.8. The molecule has 0 saturated carbocycles. The summed E-state index contributed by atoms with van der Waals surface area (Å²) in [4.78, 5) is 47.6. The molecule has 17 nitrogen and oxygen atoms in total. The van der Waals surface area contributed by atoms with Gasteiger partial charge in [0.05, 0.1) is 38.0 Å². The summed E-state index contributed by atoms with van der Waals surface area (Å²) in [6.45, 7) is 9.61. The quantitative estimate of drug-likeness (QED) is 0.0821. The number of rotatable bonds is 9. The Hall–Kier alpha value is -7.34. The van der Waals surface area contributed by atoms with Crippen LogP contribution in [-0.4, -0.2) is 85.0 Å². The van der Waals surface area contributed by atoms with Gasteiger partial charge in [-0.1, -0.05) is 26.5 Å². The maximum Gasteiger partial charge on any atom is 0.182 e. The molecule has 0 radical (unpaired) electrons. The zero-order valence-electron chi connectivity index (χ0n) is 35.1. The van der Waals surface area contributed by atoms with Crippen molar-refractivity contribution in [3.63, 3.8) is 0 Å². The largest absolute Gasteiger partial charge is 0.494 e. The van der Waals surface area contributed by atoms with Crippen molar-refractivity contribution in [2.24, 2.45) is 0 Å². The molecule has 0 bridgehead atoms. The summed E-state index contributed by atoms with van der Waals surface area (Å²) in [5.41, 5.74) is 14.5. The Morgan fingerprint density at radius 2 is 1.67 bits per heavy atom. The number of methoxy groups -OCH3 is 1. The standard InChI is InChI=1S/C24H22N8.C10H7NO4.C6H8N2.C2H6O2.C2H6/c1-26-19-8-5-15-14-16(6-7-17(15)19)32-23(18-4-2-11-27-22(18)25)29-20-9-10-21(30-24(20)32)31-13-3-12-28-31;1-14-9-6(3-12)2-7(4-13)10-8(9)11-5-15-10;1-6(2)8-5-3-4-7-8;1-3-4-2;1-2/h2-4,6-7,9-14,19,26H,5,8H2,1H3,(H2,25,27);2-5H,1H3;3-5H,1H2,2H3;1-2H3;1-2H3. The van der Waals surface area contributed by atoms with Gasteiger partial charge in [-0.2, -0.15) is 10.2 Å². The molecular formula is C44H49N11O6. The van der Waals surface area contributed by atoms with Crippen molar-refractivity contribution in [1.82, 2.24) is 49.4 Å². The molecule has 1 atom stereocenters. The number of imidazole rings is 1. The Morgan fingerprint density at radius 3 is 2.28 bits per heavy atom. The van der Waals surface area contributed by atoms with E-state index in [0.717, 1.165) is 52.6 Å². The summed E-state index contributed by atoms with van der Waals surface area (Å²) in [5.74, 6) is 2.21. The maximum absolute atomic E-state index is 10.8. The van der Waals surface area contributed by atoms with Gasteiger partial charge in [0, 0.05) is 48.4 Å². The van der Waals surface area contributed by atoms with Gasteiger partial charge in [0.1, 0.15) is 11.3 Å². The predicted octanol–water partition coefficient (Wildman–Crippen LogP) is 7.51. The monoisotopic (exact) mass is 827 g/mol. The lowest BCUT2D eigenvalue weighted by molar-refractivity contribution is -0.248. The summed E-state index contributed by atoms with van der Waals surface area (Å²) in [7, 11) is 6.36. The number of nitrogens with one attached hydrogen (secondary N) is 1. The number of aldehydes is 2. The Morgan fingerprint density at radius 1 is 0.918 bits per heavy atom. The first-order valence-electron chi connectivity index (χ1n) is 19.2. The molecule has 9 rings (SSSR count). The van der Waals surface area contributed by atoms with Crippen LogP contribution in [0.25, 0.3) is 50.9 Å². The zero-order valence-corrected chi connectivity index (χ0v) is 35.1. The lowest BCUT2D eigenvalue weighted by Crippen LogP contribution is -2.12. The van der Waals surface area contributed by atoms with Crippen molar-refractivity contribution >= 4 is 46.4 Å². The van der Waals surface area contributed by atoms with E-state index < -0.39 is 0 Å². The Labute approximate surface area is 352 Å². The minimum absolute atomic E-state index is 0.279. The van der Waals surface area contributed by atoms with Crippen LogP contribution < -0.4 is 15.8 Å². The Kier molecular flexibility index (Phi) is 15.8. The number of allylic oxidation sites excluding steroid dienone is 1. The van der Waals surface area contributed by atoms with E-state index in [9.17, 15) is 9.59 Å². The number of pyridine rings is 2. The van der Waals surface area contributed by atoms with E-state index in [2.05, 4.69) is 64.6 Å². The molecule has 1 aliphatic carbocycles. The van der Waals surface area contributed by atoms with Crippen molar-refractivity contribution in [3.8, 4) is 28.6 Å². The van der Waals surface area contributed by atoms with Crippen molar-refractivity contribution in [1.29, 1.82) is 0 Å². The van der Waals surface area contributed by atoms with Crippen LogP contribution in [0.15, 0.2) is 109 Å². The van der Waals surface area contributed by atoms with Gasteiger partial charge < -0.3 is 20.2 Å². The van der Waals surface area contributed by atoms with Crippen LogP contribution in [0, 0.1) is 0 Å². The fraction of sp³-hybridized carbons (Fsp3) is 0.227. The minimum Gasteiger partial charge on any atom is -0.494 e. The number of carbonyl (C=O) groups excluding carboxylic acids is 2. The third-order valence-electron chi connectivity index (χ3n) is 9.26. The molecule has 0 fully saturated rings. The number of aryl methyl sites for hydroxylation is 1. The second kappa shape index (κ2) is 21.6. The zero-order chi connectivity index (χ0) is 43.9. The van der Waals surface area contributed by atoms with Crippen LogP contribution in [0.4, 0.5) is 5.82 Å². The van der Waals surface area contributed by atoms with Gasteiger partial charge in [-0.3, -0.25) is 14.2 Å². The smallest absolute Gasteiger partial charge is 0.182 e. The van der Waals surface area contributed by atoms with Crippen LogP contribution in [0.5, 0.6) is 5.75 Å². The van der Waals surface area contributed by atoms with Gasteiger partial charge in [0.15, 0.2) is 53.1 Å². The topological polar surface area (TPSA) is 205 Å². The Balaban J connectivity index is 0.000000200. The van der Waals surface area contributed by atoms with Gasteiger partial charge >= 0.3 is 0 Å². The molecule has 3 N–H and O–H groups in total. The van der Waals surface area contributed by atoms with Crippen molar-refractivity contribution in [3.05, 3.63) is 127 Å². The molecule has 316 valence electrons. The number of nitrogens with two attached hydrogens (primary N) is 1. The number of ether oxygens (including phenoxy) is 1. The summed E-state index contributed by atoms with van der Waals surface area (Å²) in [6.07, 6.45) is 13.5. The van der Waals surface area contributed by atoms with E-state index in [-0.39, 0.29) is 11.1 Å². The number of fused-ring (bicyclic) bond motifs is 3. The molecule has 6 aromatic heterocycles. The lowest BCUT2D eigenvalue weighted by Gasteiger charge is -2.14. The van der Waals surface area contributed by atoms with Gasteiger partial charge in [0.2, 0.25) is 0 Å². The molecule has 2 aromatic carbocycles. The molecule has 0 aliphatic heterocycles. The van der Waals surface area contributed by atoms with E-state index in [1.807, 2.05) is 76.6 Å². The fourth-order valence-corrected chi connectivity index (χ4v) is 6.49. The third kappa shape index (κ3) is 10.1. The molecular weight excluding hydrogens is 779 g/mol. The third-order valence-corrected chi connectivity index (χ3v) is 9.26. The van der Waals surface area contributed by atoms with E-state index in [0.29, 0.717) is 41.3 Å². The number of anilines is 1. The second-order valence-corrected chi connectivity index (χ2v) is 12.8. The summed E-state index contributed by atoms with van der Waals surface area (Å²) in [6, 6.07) is 19.8. The first-order chi connectivity index (χ1) is 29.8. The number of nitrogens with zero attached hydrogens (tertiary/aromatic N) is 9. The van der Waals surface area contributed by atoms with Crippen molar-refractivity contribution in [2.45, 2.75) is 39.7 Å². The summed E-state index contributed by atoms with van der Waals surface area (Å²) in [5, 5.41) is 11.7. The fourth-order valence-electron chi connectivity index (χ4n) is 6.49. The Bertz CT molecular complexity index is 2670. The van der Waals surface area contributed by atoms with Gasteiger partial charge in [0.25, 0.3) is 0 Å². The highest BCUT2D eigenvalue weighted by Gasteiger charge is 2.24. The molecule has 0 saturated heterocycles. The normalized spacial score (nSPS) is 12.3. The number of hydrogen-bond acceptors (Lipinski definition) is 14.